The summed E-state index contributed by atoms with van der Waals surface area (Å²) < 4.78 is 16.9. The fraction of sp³-hybridized carbons (Fsp3) is 0.857. The Morgan fingerprint density at radius 2 is 2.18 bits per heavy atom. The van der Waals surface area contributed by atoms with E-state index >= 15 is 0 Å². The Kier molecular flexibility index (Phi) is 3.45. The van der Waals surface area contributed by atoms with Crippen LogP contribution in [0.2, 0.25) is 0 Å². The molecule has 0 bridgehead atoms. The quantitative estimate of drug-likeness (QED) is 0.633. The highest BCUT2D eigenvalue weighted by Crippen LogP contribution is 2.13. The van der Waals surface area contributed by atoms with Crippen molar-refractivity contribution in [3.63, 3.8) is 0 Å². The van der Waals surface area contributed by atoms with E-state index in [1.807, 2.05) is 0 Å². The lowest BCUT2D eigenvalue weighted by Gasteiger charge is -2.21. The summed E-state index contributed by atoms with van der Waals surface area (Å²) >= 11 is 0. The Labute approximate surface area is 65.2 Å². The molecule has 0 rings (SSSR count). The van der Waals surface area contributed by atoms with Gasteiger partial charge >= 0.3 is 5.97 Å². The van der Waals surface area contributed by atoms with Crippen LogP contribution in [0.25, 0.3) is 0 Å². The number of rotatable bonds is 3. The maximum Gasteiger partial charge on any atom is 0.308 e. The lowest BCUT2D eigenvalue weighted by atomic mass is 10.1. The summed E-state index contributed by atoms with van der Waals surface area (Å²) in [6.07, 6.45) is -1.84. The van der Waals surface area contributed by atoms with Crippen molar-refractivity contribution >= 4 is 5.97 Å². The number of carbonyl (C=O) groups excluding carboxylic acids is 1. The Morgan fingerprint density at radius 1 is 1.73 bits per heavy atom. The van der Waals surface area contributed by atoms with Crippen LogP contribution in [0.1, 0.15) is 27.2 Å². The van der Waals surface area contributed by atoms with Gasteiger partial charge in [-0.05, 0) is 13.8 Å². The van der Waals surface area contributed by atoms with Gasteiger partial charge in [-0.25, -0.2) is 0 Å². The van der Waals surface area contributed by atoms with E-state index < -0.39 is 17.9 Å². The second-order valence-electron chi connectivity index (χ2n) is 2.81. The number of hydrogen-bond acceptors (Lipinski definition) is 3. The van der Waals surface area contributed by atoms with Gasteiger partial charge in [-0.15, -0.1) is 0 Å². The van der Waals surface area contributed by atoms with Crippen molar-refractivity contribution in [2.75, 3.05) is 0 Å². The largest absolute Gasteiger partial charge is 0.428 e. The predicted octanol–water partition coefficient (Wildman–Crippen LogP) is 1.01. The Balaban J connectivity index is 3.87. The van der Waals surface area contributed by atoms with Crippen LogP contribution in [0.5, 0.6) is 0 Å². The summed E-state index contributed by atoms with van der Waals surface area (Å²) in [5.41, 5.74) is -1.62. The number of hydrogen-bond donors (Lipinski definition) is 1. The van der Waals surface area contributed by atoms with Crippen molar-refractivity contribution in [2.24, 2.45) is 0 Å². The molecule has 11 heavy (non-hydrogen) atoms. The van der Waals surface area contributed by atoms with Crippen LogP contribution in [0, 0.1) is 0 Å². The predicted molar refractivity (Wildman–Crippen MR) is 37.6 cm³/mol. The first-order chi connectivity index (χ1) is 4.88. The molecule has 1 atom stereocenters. The summed E-state index contributed by atoms with van der Waals surface area (Å²) in [6, 6.07) is 0. The lowest BCUT2D eigenvalue weighted by molar-refractivity contribution is -0.183. The van der Waals surface area contributed by atoms with Crippen molar-refractivity contribution in [2.45, 2.75) is 39.2 Å². The van der Waals surface area contributed by atoms with Gasteiger partial charge in [0.2, 0.25) is 0 Å². The van der Waals surface area contributed by atoms with E-state index in [2.05, 4.69) is 4.74 Å². The SMILES string of the molecule is CCC(=O)OC(F)C(C)(C)O. The van der Waals surface area contributed by atoms with E-state index in [4.69, 9.17) is 5.11 Å². The van der Waals surface area contributed by atoms with Gasteiger partial charge in [-0.1, -0.05) is 6.92 Å². The second-order valence-corrected chi connectivity index (χ2v) is 2.81. The van der Waals surface area contributed by atoms with Gasteiger partial charge in [0.25, 0.3) is 6.36 Å². The van der Waals surface area contributed by atoms with Crippen LogP contribution >= 0.6 is 0 Å². The third-order valence-electron chi connectivity index (χ3n) is 1.08. The van der Waals surface area contributed by atoms with Gasteiger partial charge in [0.15, 0.2) is 0 Å². The van der Waals surface area contributed by atoms with Crippen molar-refractivity contribution in [3.05, 3.63) is 0 Å². The molecule has 0 amide bonds. The van der Waals surface area contributed by atoms with Gasteiger partial charge in [-0.3, -0.25) is 4.79 Å². The van der Waals surface area contributed by atoms with Crippen LogP contribution in [0.15, 0.2) is 0 Å². The third-order valence-corrected chi connectivity index (χ3v) is 1.08. The van der Waals surface area contributed by atoms with E-state index in [1.165, 1.54) is 13.8 Å². The monoisotopic (exact) mass is 164 g/mol. The highest BCUT2D eigenvalue weighted by atomic mass is 19.1. The smallest absolute Gasteiger partial charge is 0.308 e. The first-order valence-electron chi connectivity index (χ1n) is 3.44. The molecule has 0 fully saturated rings. The standard InChI is InChI=1S/C7H13FO3/c1-4-5(9)11-6(8)7(2,3)10/h6,10H,4H2,1-3H3. The molecule has 0 heterocycles. The molecule has 0 saturated carbocycles. The van der Waals surface area contributed by atoms with Crippen LogP contribution in [0.4, 0.5) is 4.39 Å². The van der Waals surface area contributed by atoms with E-state index in [0.29, 0.717) is 0 Å². The van der Waals surface area contributed by atoms with Crippen molar-refractivity contribution in [3.8, 4) is 0 Å². The zero-order chi connectivity index (χ0) is 9.07. The summed E-state index contributed by atoms with van der Waals surface area (Å²) in [4.78, 5) is 10.5. The normalized spacial score (nSPS) is 14.3. The number of halogens is 1. The Hall–Kier alpha value is -0.640. The van der Waals surface area contributed by atoms with E-state index in [0.717, 1.165) is 0 Å². The summed E-state index contributed by atoms with van der Waals surface area (Å²) in [6.45, 7) is 4.03. The first kappa shape index (κ1) is 10.4. The molecule has 0 saturated heterocycles. The molecule has 0 spiro atoms. The van der Waals surface area contributed by atoms with Gasteiger partial charge in [0.1, 0.15) is 5.60 Å². The fourth-order valence-electron chi connectivity index (χ4n) is 0.343. The fourth-order valence-corrected chi connectivity index (χ4v) is 0.343. The minimum absolute atomic E-state index is 0.108. The molecule has 0 radical (unpaired) electrons. The molecule has 0 aliphatic carbocycles. The zero-order valence-electron chi connectivity index (χ0n) is 6.93. The highest BCUT2D eigenvalue weighted by molar-refractivity contribution is 5.69. The van der Waals surface area contributed by atoms with Gasteiger partial charge in [0.05, 0.1) is 0 Å². The van der Waals surface area contributed by atoms with E-state index in [-0.39, 0.29) is 6.42 Å². The van der Waals surface area contributed by atoms with Crippen LogP contribution < -0.4 is 0 Å². The van der Waals surface area contributed by atoms with Crippen LogP contribution in [0.3, 0.4) is 0 Å². The number of carbonyl (C=O) groups is 1. The second kappa shape index (κ2) is 3.67. The maximum absolute atomic E-state index is 12.7. The molecule has 0 aromatic heterocycles. The molecule has 0 aliphatic heterocycles. The van der Waals surface area contributed by atoms with Crippen molar-refractivity contribution < 1.29 is 19.0 Å². The minimum Gasteiger partial charge on any atom is -0.428 e. The van der Waals surface area contributed by atoms with Crippen LogP contribution in [-0.4, -0.2) is 23.0 Å². The van der Waals surface area contributed by atoms with E-state index in [1.54, 1.807) is 6.92 Å². The number of alkyl halides is 1. The minimum atomic E-state index is -1.95. The molecule has 0 aliphatic rings. The molecule has 1 N–H and O–H groups in total. The van der Waals surface area contributed by atoms with Gasteiger partial charge < -0.3 is 9.84 Å². The summed E-state index contributed by atoms with van der Waals surface area (Å²) in [5.74, 6) is -0.653. The first-order valence-corrected chi connectivity index (χ1v) is 3.44. The average molecular weight is 164 g/mol. The Morgan fingerprint density at radius 3 is 2.45 bits per heavy atom. The van der Waals surface area contributed by atoms with E-state index in [9.17, 15) is 9.18 Å². The van der Waals surface area contributed by atoms with Gasteiger partial charge in [-0.2, -0.15) is 4.39 Å². The van der Waals surface area contributed by atoms with Crippen molar-refractivity contribution in [1.29, 1.82) is 0 Å². The number of esters is 1. The van der Waals surface area contributed by atoms with Crippen molar-refractivity contribution in [1.82, 2.24) is 0 Å². The third kappa shape index (κ3) is 3.93. The lowest BCUT2D eigenvalue weighted by Crippen LogP contribution is -2.36. The molecular weight excluding hydrogens is 151 g/mol. The molecule has 4 heteroatoms. The molecule has 1 unspecified atom stereocenters. The molecular formula is C7H13FO3. The number of ether oxygens (including phenoxy) is 1. The number of aliphatic hydroxyl groups is 1. The molecule has 66 valence electrons. The summed E-state index contributed by atoms with van der Waals surface area (Å²) in [7, 11) is 0. The average Bonchev–Trinajstić information content (AvgIpc) is 1.85. The highest BCUT2D eigenvalue weighted by Gasteiger charge is 2.29. The summed E-state index contributed by atoms with van der Waals surface area (Å²) in [5, 5.41) is 8.98. The zero-order valence-corrected chi connectivity index (χ0v) is 6.93. The molecule has 0 aromatic carbocycles. The van der Waals surface area contributed by atoms with Gasteiger partial charge in [0, 0.05) is 6.42 Å². The van der Waals surface area contributed by atoms with Crippen LogP contribution in [-0.2, 0) is 9.53 Å². The molecule has 0 aromatic rings. The molecule has 3 nitrogen and oxygen atoms in total. The maximum atomic E-state index is 12.7. The Bertz CT molecular complexity index is 139. The topological polar surface area (TPSA) is 46.5 Å².